The smallest absolute Gasteiger partial charge is 0.410 e. The van der Waals surface area contributed by atoms with Crippen LogP contribution in [0.25, 0.3) is 0 Å². The van der Waals surface area contributed by atoms with E-state index in [0.29, 0.717) is 31.3 Å². The summed E-state index contributed by atoms with van der Waals surface area (Å²) in [5.74, 6) is 0. The van der Waals surface area contributed by atoms with E-state index in [1.165, 1.54) is 0 Å². The second-order valence-corrected chi connectivity index (χ2v) is 6.19. The molecule has 0 aromatic heterocycles. The van der Waals surface area contributed by atoms with Crippen molar-refractivity contribution in [3.63, 3.8) is 0 Å². The Kier molecular flexibility index (Phi) is 3.67. The van der Waals surface area contributed by atoms with E-state index in [-0.39, 0.29) is 12.2 Å². The molecule has 0 aromatic carbocycles. The largest absolute Gasteiger partial charge is 0.446 e. The molecule has 2 unspecified atom stereocenters. The van der Waals surface area contributed by atoms with Crippen molar-refractivity contribution in [3.05, 3.63) is 0 Å². The first kappa shape index (κ1) is 13.2. The molecule has 0 spiro atoms. The molecule has 2 atom stereocenters. The van der Waals surface area contributed by atoms with Gasteiger partial charge in [0, 0.05) is 32.0 Å². The number of hydrogen-bond acceptors (Lipinski definition) is 4. The molecule has 2 bridgehead atoms. The fraction of sp³-hybridized carbons (Fsp3) is 0.929. The number of rotatable bonds is 2. The summed E-state index contributed by atoms with van der Waals surface area (Å²) in [5.41, 5.74) is 0. The van der Waals surface area contributed by atoms with Crippen LogP contribution in [0.5, 0.6) is 0 Å². The van der Waals surface area contributed by atoms with Crippen LogP contribution in [0.4, 0.5) is 4.79 Å². The van der Waals surface area contributed by atoms with E-state index in [9.17, 15) is 4.79 Å². The van der Waals surface area contributed by atoms with Gasteiger partial charge in [-0.15, -0.1) is 0 Å². The normalized spacial score (nSPS) is 32.3. The Morgan fingerprint density at radius 2 is 1.84 bits per heavy atom. The lowest BCUT2D eigenvalue weighted by Gasteiger charge is -2.56. The van der Waals surface area contributed by atoms with Crippen LogP contribution in [0, 0.1) is 0 Å². The van der Waals surface area contributed by atoms with Crippen molar-refractivity contribution in [1.82, 2.24) is 9.80 Å². The Hall–Kier alpha value is -0.810. The minimum atomic E-state index is -0.100. The number of nitrogens with zero attached hydrogens (tertiary/aromatic N) is 2. The molecular weight excluding hydrogens is 244 g/mol. The molecule has 0 saturated carbocycles. The van der Waals surface area contributed by atoms with Gasteiger partial charge in [-0.1, -0.05) is 0 Å². The van der Waals surface area contributed by atoms with Crippen molar-refractivity contribution in [2.45, 2.75) is 57.3 Å². The summed E-state index contributed by atoms with van der Waals surface area (Å²) in [6.45, 7) is 7.86. The molecule has 5 heteroatoms. The summed E-state index contributed by atoms with van der Waals surface area (Å²) in [4.78, 5) is 16.7. The molecule has 19 heavy (non-hydrogen) atoms. The number of carbonyl (C=O) groups excluding carboxylic acids is 1. The van der Waals surface area contributed by atoms with Crippen LogP contribution in [0.2, 0.25) is 0 Å². The Morgan fingerprint density at radius 3 is 2.42 bits per heavy atom. The number of piperazine rings is 1. The van der Waals surface area contributed by atoms with Gasteiger partial charge in [0.1, 0.15) is 6.10 Å². The van der Waals surface area contributed by atoms with Crippen LogP contribution in [0.3, 0.4) is 0 Å². The highest BCUT2D eigenvalue weighted by molar-refractivity contribution is 5.70. The summed E-state index contributed by atoms with van der Waals surface area (Å²) in [7, 11) is 0. The highest BCUT2D eigenvalue weighted by Gasteiger charge is 2.48. The highest BCUT2D eigenvalue weighted by atomic mass is 16.6. The van der Waals surface area contributed by atoms with Crippen LogP contribution >= 0.6 is 0 Å². The van der Waals surface area contributed by atoms with E-state index < -0.39 is 0 Å². The number of hydrogen-bond donors (Lipinski definition) is 0. The molecule has 4 saturated heterocycles. The van der Waals surface area contributed by atoms with Gasteiger partial charge in [-0.05, 0) is 20.3 Å². The topological polar surface area (TPSA) is 42.0 Å². The van der Waals surface area contributed by atoms with E-state index in [2.05, 4.69) is 18.7 Å². The minimum Gasteiger partial charge on any atom is -0.446 e. The molecule has 4 aliphatic rings. The second kappa shape index (κ2) is 5.29. The van der Waals surface area contributed by atoms with Gasteiger partial charge in [0.15, 0.2) is 0 Å². The zero-order valence-corrected chi connectivity index (χ0v) is 11.9. The lowest BCUT2D eigenvalue weighted by Crippen LogP contribution is -2.71. The van der Waals surface area contributed by atoms with Crippen molar-refractivity contribution in [2.75, 3.05) is 26.3 Å². The first-order valence-corrected chi connectivity index (χ1v) is 7.46. The molecule has 5 nitrogen and oxygen atoms in total. The average molecular weight is 268 g/mol. The quantitative estimate of drug-likeness (QED) is 0.760. The predicted octanol–water partition coefficient (Wildman–Crippen LogP) is 1.47. The maximum Gasteiger partial charge on any atom is 0.410 e. The Bertz CT molecular complexity index is 330. The number of amides is 1. The van der Waals surface area contributed by atoms with Gasteiger partial charge >= 0.3 is 6.09 Å². The SMILES string of the molecule is CC(C)N1CC2CC(C1)N2C(=O)OC1CCOCC1. The summed E-state index contributed by atoms with van der Waals surface area (Å²) in [6, 6.07) is 1.31. The third-order valence-corrected chi connectivity index (χ3v) is 4.60. The number of piperidine rings is 1. The van der Waals surface area contributed by atoms with E-state index >= 15 is 0 Å². The molecule has 0 aromatic rings. The van der Waals surface area contributed by atoms with E-state index in [4.69, 9.17) is 9.47 Å². The Labute approximate surface area is 114 Å². The Morgan fingerprint density at radius 1 is 1.21 bits per heavy atom. The lowest BCUT2D eigenvalue weighted by atomic mass is 9.87. The van der Waals surface area contributed by atoms with Crippen molar-refractivity contribution in [1.29, 1.82) is 0 Å². The standard InChI is InChI=1S/C14H24N2O3/c1-10(2)15-8-11-7-12(9-15)16(11)14(17)19-13-3-5-18-6-4-13/h10-13H,3-9H2,1-2H3. The van der Waals surface area contributed by atoms with Gasteiger partial charge in [0.05, 0.1) is 25.3 Å². The summed E-state index contributed by atoms with van der Waals surface area (Å²) >= 11 is 0. The molecule has 1 amide bonds. The zero-order valence-electron chi connectivity index (χ0n) is 11.9. The number of ether oxygens (including phenoxy) is 2. The van der Waals surface area contributed by atoms with Gasteiger partial charge in [0.2, 0.25) is 0 Å². The summed E-state index contributed by atoms with van der Waals surface area (Å²) in [6.07, 6.45) is 2.78. The highest BCUT2D eigenvalue weighted by Crippen LogP contribution is 2.34. The molecule has 0 radical (unpaired) electrons. The third kappa shape index (κ3) is 2.58. The van der Waals surface area contributed by atoms with Crippen LogP contribution in [0.15, 0.2) is 0 Å². The van der Waals surface area contributed by atoms with E-state index in [0.717, 1.165) is 32.4 Å². The molecule has 0 aliphatic carbocycles. The number of carbonyl (C=O) groups is 1. The summed E-state index contributed by atoms with van der Waals surface area (Å²) < 4.78 is 10.9. The summed E-state index contributed by atoms with van der Waals surface area (Å²) in [5, 5.41) is 0. The van der Waals surface area contributed by atoms with Crippen molar-refractivity contribution >= 4 is 6.09 Å². The first-order chi connectivity index (χ1) is 9.15. The maximum absolute atomic E-state index is 12.2. The average Bonchev–Trinajstić information content (AvgIpc) is 2.39. The van der Waals surface area contributed by atoms with Gasteiger partial charge in [-0.2, -0.15) is 0 Å². The van der Waals surface area contributed by atoms with Crippen molar-refractivity contribution < 1.29 is 14.3 Å². The van der Waals surface area contributed by atoms with E-state index in [1.807, 2.05) is 4.90 Å². The first-order valence-electron chi connectivity index (χ1n) is 7.46. The van der Waals surface area contributed by atoms with Crippen LogP contribution < -0.4 is 0 Å². The molecule has 108 valence electrons. The fourth-order valence-corrected chi connectivity index (χ4v) is 3.36. The van der Waals surface area contributed by atoms with Gasteiger partial charge in [-0.25, -0.2) is 4.79 Å². The Balaban J connectivity index is 1.52. The zero-order chi connectivity index (χ0) is 13.4. The van der Waals surface area contributed by atoms with Crippen LogP contribution in [0.1, 0.15) is 33.1 Å². The molecular formula is C14H24N2O3. The predicted molar refractivity (Wildman–Crippen MR) is 71.1 cm³/mol. The fourth-order valence-electron chi connectivity index (χ4n) is 3.36. The molecule has 4 aliphatic heterocycles. The molecule has 4 rings (SSSR count). The molecule has 0 N–H and O–H groups in total. The third-order valence-electron chi connectivity index (χ3n) is 4.60. The second-order valence-electron chi connectivity index (χ2n) is 6.19. The van der Waals surface area contributed by atoms with Crippen LogP contribution in [-0.2, 0) is 9.47 Å². The minimum absolute atomic E-state index is 0.0591. The van der Waals surface area contributed by atoms with Gasteiger partial charge < -0.3 is 9.47 Å². The maximum atomic E-state index is 12.2. The molecule has 4 fully saturated rings. The van der Waals surface area contributed by atoms with Crippen molar-refractivity contribution in [2.24, 2.45) is 0 Å². The van der Waals surface area contributed by atoms with Crippen molar-refractivity contribution in [3.8, 4) is 0 Å². The van der Waals surface area contributed by atoms with Gasteiger partial charge in [0.25, 0.3) is 0 Å². The monoisotopic (exact) mass is 268 g/mol. The van der Waals surface area contributed by atoms with Gasteiger partial charge in [-0.3, -0.25) is 9.80 Å². The number of fused-ring (bicyclic) bond motifs is 2. The van der Waals surface area contributed by atoms with E-state index in [1.54, 1.807) is 0 Å². The molecule has 4 heterocycles. The van der Waals surface area contributed by atoms with Crippen LogP contribution in [-0.4, -0.2) is 66.4 Å². The lowest BCUT2D eigenvalue weighted by molar-refractivity contribution is -0.0835.